The summed E-state index contributed by atoms with van der Waals surface area (Å²) in [6.07, 6.45) is 3.82. The van der Waals surface area contributed by atoms with Crippen molar-refractivity contribution in [2.75, 3.05) is 0 Å². The molecule has 0 amide bonds. The summed E-state index contributed by atoms with van der Waals surface area (Å²) in [7, 11) is 0. The van der Waals surface area contributed by atoms with E-state index >= 15 is 0 Å². The topological polar surface area (TPSA) is 54.8 Å². The van der Waals surface area contributed by atoms with Crippen LogP contribution in [0.3, 0.4) is 0 Å². The van der Waals surface area contributed by atoms with Gasteiger partial charge in [-0.2, -0.15) is 0 Å². The Bertz CT molecular complexity index is 1080. The molecule has 0 aliphatic rings. The number of rotatable bonds is 5. The van der Waals surface area contributed by atoms with Crippen molar-refractivity contribution in [3.8, 4) is 22.5 Å². The zero-order chi connectivity index (χ0) is 17.9. The number of benzene rings is 2. The van der Waals surface area contributed by atoms with Gasteiger partial charge in [-0.15, -0.1) is 0 Å². The van der Waals surface area contributed by atoms with Crippen LogP contribution in [0.2, 0.25) is 0 Å². The lowest BCUT2D eigenvalue weighted by Gasteiger charge is -2.07. The molecule has 4 nitrogen and oxygen atoms in total. The standard InChI is InChI=1S/C22H21N3O/c1-2-3-14-25-15-24-22-19(21(25)23)18(16-10-6-4-7-11-16)20(26-22)17-12-8-5-9-13-17/h4-13,15,23H,2-3,14H2,1H3. The van der Waals surface area contributed by atoms with E-state index < -0.39 is 0 Å². The fourth-order valence-corrected chi connectivity index (χ4v) is 3.22. The number of hydrogen-bond acceptors (Lipinski definition) is 3. The summed E-state index contributed by atoms with van der Waals surface area (Å²) >= 11 is 0. The smallest absolute Gasteiger partial charge is 0.232 e. The molecule has 0 radical (unpaired) electrons. The summed E-state index contributed by atoms with van der Waals surface area (Å²) in [6.45, 7) is 2.94. The molecule has 0 saturated carbocycles. The third-order valence-electron chi connectivity index (χ3n) is 4.58. The van der Waals surface area contributed by atoms with E-state index in [-0.39, 0.29) is 0 Å². The molecule has 0 aliphatic carbocycles. The minimum atomic E-state index is 0.452. The van der Waals surface area contributed by atoms with Crippen LogP contribution < -0.4 is 5.49 Å². The molecule has 2 aromatic heterocycles. The van der Waals surface area contributed by atoms with E-state index in [9.17, 15) is 0 Å². The van der Waals surface area contributed by atoms with Crippen LogP contribution in [0.15, 0.2) is 71.4 Å². The third kappa shape index (κ3) is 2.84. The highest BCUT2D eigenvalue weighted by molar-refractivity contribution is 5.99. The number of unbranched alkanes of at least 4 members (excludes halogenated alkanes) is 1. The highest BCUT2D eigenvalue weighted by Crippen LogP contribution is 2.38. The molecule has 0 bridgehead atoms. The minimum absolute atomic E-state index is 0.452. The molecule has 26 heavy (non-hydrogen) atoms. The van der Waals surface area contributed by atoms with Gasteiger partial charge >= 0.3 is 0 Å². The SMILES string of the molecule is CCCCn1cnc2oc(-c3ccccc3)c(-c3ccccc3)c2c1=N. The average Bonchev–Trinajstić information content (AvgIpc) is 3.09. The van der Waals surface area contributed by atoms with Crippen LogP contribution in [0.1, 0.15) is 19.8 Å². The maximum Gasteiger partial charge on any atom is 0.232 e. The number of fused-ring (bicyclic) bond motifs is 1. The van der Waals surface area contributed by atoms with Crippen LogP contribution in [0, 0.1) is 5.41 Å². The van der Waals surface area contributed by atoms with Crippen molar-refractivity contribution in [3.05, 3.63) is 72.5 Å². The fraction of sp³-hybridized carbons (Fsp3) is 0.182. The van der Waals surface area contributed by atoms with Gasteiger partial charge in [0.2, 0.25) is 5.71 Å². The van der Waals surface area contributed by atoms with Crippen LogP contribution in [0.4, 0.5) is 0 Å². The molecule has 0 atom stereocenters. The van der Waals surface area contributed by atoms with Crippen LogP contribution >= 0.6 is 0 Å². The van der Waals surface area contributed by atoms with E-state index in [1.165, 1.54) is 0 Å². The van der Waals surface area contributed by atoms with Gasteiger partial charge in [-0.05, 0) is 12.0 Å². The summed E-state index contributed by atoms with van der Waals surface area (Å²) < 4.78 is 8.04. The number of aryl methyl sites for hydroxylation is 1. The van der Waals surface area contributed by atoms with E-state index in [2.05, 4.69) is 24.0 Å². The monoisotopic (exact) mass is 343 g/mol. The molecular weight excluding hydrogens is 322 g/mol. The molecule has 0 saturated heterocycles. The van der Waals surface area contributed by atoms with Gasteiger partial charge in [0.25, 0.3) is 0 Å². The van der Waals surface area contributed by atoms with Crippen molar-refractivity contribution >= 4 is 11.1 Å². The second kappa shape index (κ2) is 7.00. The summed E-state index contributed by atoms with van der Waals surface area (Å²) in [5.74, 6) is 0.765. The quantitative estimate of drug-likeness (QED) is 0.538. The van der Waals surface area contributed by atoms with Gasteiger partial charge in [-0.1, -0.05) is 74.0 Å². The lowest BCUT2D eigenvalue weighted by molar-refractivity contribution is 0.581. The van der Waals surface area contributed by atoms with E-state index in [4.69, 9.17) is 9.83 Å². The number of aromatic nitrogens is 2. The Balaban J connectivity index is 2.03. The first-order chi connectivity index (χ1) is 12.8. The van der Waals surface area contributed by atoms with Gasteiger partial charge in [0.1, 0.15) is 17.6 Å². The molecule has 1 N–H and O–H groups in total. The Kier molecular flexibility index (Phi) is 4.40. The van der Waals surface area contributed by atoms with E-state index in [0.29, 0.717) is 11.2 Å². The molecule has 130 valence electrons. The number of hydrogen-bond donors (Lipinski definition) is 1. The predicted octanol–water partition coefficient (Wildman–Crippen LogP) is 5.24. The first kappa shape index (κ1) is 16.3. The largest absolute Gasteiger partial charge is 0.437 e. The molecule has 4 aromatic rings. The molecule has 0 aliphatic heterocycles. The second-order valence-electron chi connectivity index (χ2n) is 6.36. The number of nitrogens with one attached hydrogen (secondary N) is 1. The first-order valence-corrected chi connectivity index (χ1v) is 8.97. The van der Waals surface area contributed by atoms with Crippen LogP contribution in [-0.4, -0.2) is 9.55 Å². The first-order valence-electron chi connectivity index (χ1n) is 8.97. The highest BCUT2D eigenvalue weighted by atomic mass is 16.3. The lowest BCUT2D eigenvalue weighted by atomic mass is 9.99. The Morgan fingerprint density at radius 1 is 0.962 bits per heavy atom. The Labute approximate surface area is 152 Å². The second-order valence-corrected chi connectivity index (χ2v) is 6.36. The lowest BCUT2D eigenvalue weighted by Crippen LogP contribution is -2.20. The maximum atomic E-state index is 8.75. The predicted molar refractivity (Wildman–Crippen MR) is 104 cm³/mol. The van der Waals surface area contributed by atoms with Crippen LogP contribution in [0.5, 0.6) is 0 Å². The van der Waals surface area contributed by atoms with Crippen LogP contribution in [0.25, 0.3) is 33.6 Å². The number of nitrogens with zero attached hydrogens (tertiary/aromatic N) is 2. The molecule has 2 aromatic carbocycles. The number of furan rings is 1. The average molecular weight is 343 g/mol. The van der Waals surface area contributed by atoms with Crippen molar-refractivity contribution in [1.82, 2.24) is 9.55 Å². The molecular formula is C22H21N3O. The van der Waals surface area contributed by atoms with E-state index in [1.807, 2.05) is 53.1 Å². The summed E-state index contributed by atoms with van der Waals surface area (Å²) in [5.41, 5.74) is 3.93. The summed E-state index contributed by atoms with van der Waals surface area (Å²) in [5, 5.41) is 9.52. The molecule has 0 spiro atoms. The third-order valence-corrected chi connectivity index (χ3v) is 4.58. The van der Waals surface area contributed by atoms with Gasteiger partial charge < -0.3 is 8.98 Å². The zero-order valence-corrected chi connectivity index (χ0v) is 14.8. The maximum absolute atomic E-state index is 8.75. The van der Waals surface area contributed by atoms with Crippen molar-refractivity contribution in [2.24, 2.45) is 0 Å². The van der Waals surface area contributed by atoms with Crippen LogP contribution in [-0.2, 0) is 6.54 Å². The normalized spacial score (nSPS) is 11.1. The minimum Gasteiger partial charge on any atom is -0.437 e. The van der Waals surface area contributed by atoms with Crippen molar-refractivity contribution < 1.29 is 4.42 Å². The van der Waals surface area contributed by atoms with Gasteiger partial charge in [0.15, 0.2) is 0 Å². The highest BCUT2D eigenvalue weighted by Gasteiger charge is 2.20. The summed E-state index contributed by atoms with van der Waals surface area (Å²) in [4.78, 5) is 4.50. The van der Waals surface area contributed by atoms with Gasteiger partial charge in [0, 0.05) is 17.7 Å². The fourth-order valence-electron chi connectivity index (χ4n) is 3.22. The Morgan fingerprint density at radius 3 is 2.27 bits per heavy atom. The van der Waals surface area contributed by atoms with Gasteiger partial charge in [-0.3, -0.25) is 5.41 Å². The zero-order valence-electron chi connectivity index (χ0n) is 14.8. The Hall–Kier alpha value is -3.14. The van der Waals surface area contributed by atoms with Crippen molar-refractivity contribution in [2.45, 2.75) is 26.3 Å². The Morgan fingerprint density at radius 2 is 1.62 bits per heavy atom. The van der Waals surface area contributed by atoms with Crippen molar-refractivity contribution in [3.63, 3.8) is 0 Å². The van der Waals surface area contributed by atoms with Crippen molar-refractivity contribution in [1.29, 1.82) is 5.41 Å². The molecule has 0 unspecified atom stereocenters. The molecule has 2 heterocycles. The van der Waals surface area contributed by atoms with E-state index in [0.717, 1.165) is 47.2 Å². The summed E-state index contributed by atoms with van der Waals surface area (Å²) in [6, 6.07) is 20.1. The molecule has 0 fully saturated rings. The molecule has 4 heteroatoms. The van der Waals surface area contributed by atoms with Gasteiger partial charge in [0.05, 0.1) is 5.39 Å². The van der Waals surface area contributed by atoms with Gasteiger partial charge in [-0.25, -0.2) is 4.98 Å². The molecule has 4 rings (SSSR count). The van der Waals surface area contributed by atoms with E-state index in [1.54, 1.807) is 6.33 Å².